The zero-order chi connectivity index (χ0) is 37.0. The summed E-state index contributed by atoms with van der Waals surface area (Å²) in [7, 11) is 0. The molecule has 11 rings (SSSR count). The van der Waals surface area contributed by atoms with Gasteiger partial charge in [-0.15, -0.1) is 11.3 Å². The van der Waals surface area contributed by atoms with E-state index in [1.54, 1.807) is 0 Å². The van der Waals surface area contributed by atoms with E-state index >= 15 is 0 Å². The monoisotopic (exact) mass is 732 g/mol. The van der Waals surface area contributed by atoms with Crippen molar-refractivity contribution in [1.29, 1.82) is 0 Å². The molecule has 7 aromatic carbocycles. The molecule has 0 aliphatic carbocycles. The normalized spacial score (nSPS) is 11.6. The lowest BCUT2D eigenvalue weighted by Crippen LogP contribution is -1.97. The number of pyridine rings is 1. The Morgan fingerprint density at radius 1 is 0.429 bits per heavy atom. The van der Waals surface area contributed by atoms with Crippen LogP contribution < -0.4 is 0 Å². The number of nitrogens with zero attached hydrogens (tertiary/aromatic N) is 4. The lowest BCUT2D eigenvalue weighted by Gasteiger charge is -2.12. The van der Waals surface area contributed by atoms with E-state index in [9.17, 15) is 0 Å². The number of benzene rings is 7. The first kappa shape index (κ1) is 32.2. The van der Waals surface area contributed by atoms with Gasteiger partial charge in [-0.3, -0.25) is 0 Å². The summed E-state index contributed by atoms with van der Waals surface area (Å²) in [5, 5.41) is 10.2. The summed E-state index contributed by atoms with van der Waals surface area (Å²) < 4.78 is 4.67. The largest absolute Gasteiger partial charge is 0.231 e. The van der Waals surface area contributed by atoms with Gasteiger partial charge in [0.25, 0.3) is 0 Å². The number of hydrogen-bond acceptors (Lipinski definition) is 4. The molecule has 0 saturated carbocycles. The number of thiophene rings is 1. The Morgan fingerprint density at radius 2 is 1.04 bits per heavy atom. The highest BCUT2D eigenvalue weighted by Crippen LogP contribution is 2.42. The molecule has 0 amide bonds. The second kappa shape index (κ2) is 13.3. The molecule has 0 unspecified atom stereocenters. The van der Waals surface area contributed by atoms with Crippen molar-refractivity contribution in [1.82, 2.24) is 19.6 Å². The molecule has 56 heavy (non-hydrogen) atoms. The Kier molecular flexibility index (Phi) is 7.64. The fourth-order valence-corrected chi connectivity index (χ4v) is 9.15. The van der Waals surface area contributed by atoms with E-state index in [4.69, 9.17) is 15.1 Å². The smallest absolute Gasteiger partial charge is 0.160 e. The number of fused-ring (bicyclic) bond motifs is 6. The van der Waals surface area contributed by atoms with Crippen LogP contribution in [0.5, 0.6) is 0 Å². The van der Waals surface area contributed by atoms with Crippen LogP contribution in [0.2, 0.25) is 0 Å². The van der Waals surface area contributed by atoms with Gasteiger partial charge in [-0.2, -0.15) is 5.10 Å². The fourth-order valence-electron chi connectivity index (χ4n) is 8.02. The van der Waals surface area contributed by atoms with E-state index < -0.39 is 0 Å². The van der Waals surface area contributed by atoms with Gasteiger partial charge in [0, 0.05) is 58.9 Å². The Hall–Kier alpha value is -7.21. The van der Waals surface area contributed by atoms with Crippen molar-refractivity contribution >= 4 is 47.8 Å². The van der Waals surface area contributed by atoms with Crippen LogP contribution in [0.25, 0.3) is 104 Å². The first-order valence-electron chi connectivity index (χ1n) is 18.8. The van der Waals surface area contributed by atoms with Crippen molar-refractivity contribution in [2.45, 2.75) is 0 Å². The average Bonchev–Trinajstić information content (AvgIpc) is 3.87. The van der Waals surface area contributed by atoms with E-state index in [2.05, 4.69) is 180 Å². The van der Waals surface area contributed by atoms with Gasteiger partial charge in [-0.25, -0.2) is 14.5 Å². The molecule has 4 heterocycles. The minimum absolute atomic E-state index is 0.702. The third kappa shape index (κ3) is 5.40. The van der Waals surface area contributed by atoms with Crippen LogP contribution >= 0.6 is 11.3 Å². The van der Waals surface area contributed by atoms with Crippen LogP contribution in [0.3, 0.4) is 0 Å². The molecule has 4 nitrogen and oxygen atoms in total. The molecule has 0 atom stereocenters. The second-order valence-electron chi connectivity index (χ2n) is 14.0. The first-order valence-corrected chi connectivity index (χ1v) is 19.6. The summed E-state index contributed by atoms with van der Waals surface area (Å²) in [4.78, 5) is 10.4. The quantitative estimate of drug-likeness (QED) is 0.171. The number of rotatable bonds is 6. The third-order valence-corrected chi connectivity index (χ3v) is 11.8. The first-order chi connectivity index (χ1) is 27.8. The van der Waals surface area contributed by atoms with Gasteiger partial charge in [0.05, 0.1) is 22.6 Å². The molecule has 0 aliphatic rings. The average molecular weight is 733 g/mol. The summed E-state index contributed by atoms with van der Waals surface area (Å²) in [5.41, 5.74) is 12.4. The van der Waals surface area contributed by atoms with Crippen LogP contribution in [0, 0.1) is 0 Å². The van der Waals surface area contributed by atoms with Gasteiger partial charge in [0.2, 0.25) is 0 Å². The van der Waals surface area contributed by atoms with Crippen molar-refractivity contribution < 1.29 is 0 Å². The third-order valence-electron chi connectivity index (χ3n) is 10.6. The standard InChI is InChI=1S/C51H32N4S/c1-4-15-35(16-5-1)47-49(36-17-6-2-7-18-36)54-55-44(31-38-21-10-11-22-39(38)50(47)55)34-29-27-33(28-30-34)42-32-43(53-51(52-42)37-19-8-3-9-20-37)40-24-14-26-46-48(40)41-23-12-13-25-45(41)56-46/h1-32H. The number of aromatic nitrogens is 4. The molecular weight excluding hydrogens is 701 g/mol. The predicted molar refractivity (Wildman–Crippen MR) is 234 cm³/mol. The van der Waals surface area contributed by atoms with E-state index in [1.165, 1.54) is 25.6 Å². The SMILES string of the molecule is c1ccc(-c2nc(-c3ccc(-c4cc5ccccc5c5c(-c6ccccc6)c(-c6ccccc6)nn45)cc3)cc(-c3cccc4sc5ccccc5c34)n2)cc1. The van der Waals surface area contributed by atoms with Crippen LogP contribution in [0.4, 0.5) is 0 Å². The van der Waals surface area contributed by atoms with E-state index in [-0.39, 0.29) is 0 Å². The summed E-state index contributed by atoms with van der Waals surface area (Å²) in [6.45, 7) is 0. The Balaban J connectivity index is 1.10. The lowest BCUT2D eigenvalue weighted by atomic mass is 9.96. The molecule has 5 heteroatoms. The minimum atomic E-state index is 0.702. The van der Waals surface area contributed by atoms with E-state index in [1.807, 2.05) is 29.5 Å². The van der Waals surface area contributed by atoms with Crippen molar-refractivity contribution in [2.75, 3.05) is 0 Å². The van der Waals surface area contributed by atoms with Gasteiger partial charge >= 0.3 is 0 Å². The van der Waals surface area contributed by atoms with Crippen molar-refractivity contribution in [3.05, 3.63) is 194 Å². The summed E-state index contributed by atoms with van der Waals surface area (Å²) in [5.74, 6) is 0.702. The molecule has 0 radical (unpaired) electrons. The summed E-state index contributed by atoms with van der Waals surface area (Å²) in [6, 6.07) is 68.3. The van der Waals surface area contributed by atoms with Crippen molar-refractivity contribution in [3.63, 3.8) is 0 Å². The summed E-state index contributed by atoms with van der Waals surface area (Å²) in [6.07, 6.45) is 0. The van der Waals surface area contributed by atoms with E-state index in [0.29, 0.717) is 5.82 Å². The lowest BCUT2D eigenvalue weighted by molar-refractivity contribution is 0.979. The highest BCUT2D eigenvalue weighted by molar-refractivity contribution is 7.25. The predicted octanol–water partition coefficient (Wildman–Crippen LogP) is 13.6. The topological polar surface area (TPSA) is 43.1 Å². The Morgan fingerprint density at radius 3 is 1.80 bits per heavy atom. The van der Waals surface area contributed by atoms with Gasteiger partial charge in [-0.05, 0) is 35.2 Å². The van der Waals surface area contributed by atoms with Gasteiger partial charge in [0.15, 0.2) is 5.82 Å². The Bertz CT molecular complexity index is 3220. The van der Waals surface area contributed by atoms with Crippen molar-refractivity contribution in [2.24, 2.45) is 0 Å². The van der Waals surface area contributed by atoms with Crippen molar-refractivity contribution in [3.8, 4) is 67.5 Å². The molecule has 0 aliphatic heterocycles. The van der Waals surface area contributed by atoms with Gasteiger partial charge < -0.3 is 0 Å². The van der Waals surface area contributed by atoms with Crippen LogP contribution in [0.15, 0.2) is 194 Å². The maximum absolute atomic E-state index is 5.40. The van der Waals surface area contributed by atoms with Crippen LogP contribution in [-0.4, -0.2) is 19.6 Å². The molecule has 11 aromatic rings. The van der Waals surface area contributed by atoms with Gasteiger partial charge in [0.1, 0.15) is 5.69 Å². The maximum atomic E-state index is 5.40. The van der Waals surface area contributed by atoms with Gasteiger partial charge in [-0.1, -0.05) is 170 Å². The highest BCUT2D eigenvalue weighted by Gasteiger charge is 2.22. The Labute approximate surface area is 327 Å². The minimum Gasteiger partial charge on any atom is -0.231 e. The molecule has 0 spiro atoms. The molecule has 0 bridgehead atoms. The molecule has 262 valence electrons. The molecule has 0 N–H and O–H groups in total. The molecule has 0 fully saturated rings. The zero-order valence-electron chi connectivity index (χ0n) is 30.2. The fraction of sp³-hybridized carbons (Fsp3) is 0. The molecular formula is C51H32N4S. The van der Waals surface area contributed by atoms with E-state index in [0.717, 1.165) is 72.6 Å². The van der Waals surface area contributed by atoms with Crippen LogP contribution in [-0.2, 0) is 0 Å². The maximum Gasteiger partial charge on any atom is 0.160 e. The molecule has 0 saturated heterocycles. The second-order valence-corrected chi connectivity index (χ2v) is 15.1. The zero-order valence-corrected chi connectivity index (χ0v) is 31.0. The van der Waals surface area contributed by atoms with Crippen LogP contribution in [0.1, 0.15) is 0 Å². The highest BCUT2D eigenvalue weighted by atomic mass is 32.1. The number of hydrogen-bond donors (Lipinski definition) is 0. The molecule has 4 aromatic heterocycles. The summed E-state index contributed by atoms with van der Waals surface area (Å²) >= 11 is 1.82.